The second kappa shape index (κ2) is 3.14. The van der Waals surface area contributed by atoms with E-state index in [1.807, 2.05) is 0 Å². The van der Waals surface area contributed by atoms with Gasteiger partial charge in [0.15, 0.2) is 11.1 Å². The van der Waals surface area contributed by atoms with Crippen molar-refractivity contribution in [2.24, 2.45) is 0 Å². The maximum Gasteiger partial charge on any atom is 0.199 e. The molecule has 0 amide bonds. The van der Waals surface area contributed by atoms with Gasteiger partial charge in [0.25, 0.3) is 0 Å². The number of aryl methyl sites for hydroxylation is 1. The lowest BCUT2D eigenvalue weighted by Gasteiger charge is -1.90. The first-order valence-corrected chi connectivity index (χ1v) is 4.09. The number of hydrogen-bond acceptors (Lipinski definition) is 3. The molecule has 0 aromatic carbocycles. The van der Waals surface area contributed by atoms with Crippen molar-refractivity contribution in [2.45, 2.75) is 6.92 Å². The fraction of sp³-hybridized carbons (Fsp3) is 0.100. The molecule has 0 aliphatic rings. The first kappa shape index (κ1) is 8.74. The summed E-state index contributed by atoms with van der Waals surface area (Å²) in [6.45, 7) is 1.66. The molecule has 0 N–H and O–H groups in total. The van der Waals surface area contributed by atoms with Crippen molar-refractivity contribution in [1.82, 2.24) is 9.97 Å². The molecule has 70 valence electrons. The highest BCUT2D eigenvalue weighted by molar-refractivity contribution is 5.73. The van der Waals surface area contributed by atoms with Crippen LogP contribution in [-0.2, 0) is 0 Å². The van der Waals surface area contributed by atoms with Crippen molar-refractivity contribution >= 4 is 11.0 Å². The lowest BCUT2D eigenvalue weighted by atomic mass is 10.2. The van der Waals surface area contributed by atoms with E-state index in [0.717, 1.165) is 6.20 Å². The van der Waals surface area contributed by atoms with Gasteiger partial charge in [-0.15, -0.1) is 0 Å². The van der Waals surface area contributed by atoms with Crippen LogP contribution in [0, 0.1) is 12.7 Å². The van der Waals surface area contributed by atoms with Gasteiger partial charge in [0, 0.05) is 5.39 Å². The molecule has 14 heavy (non-hydrogen) atoms. The van der Waals surface area contributed by atoms with Gasteiger partial charge >= 0.3 is 0 Å². The highest BCUT2D eigenvalue weighted by Crippen LogP contribution is 2.08. The molecule has 0 aliphatic carbocycles. The first-order valence-electron chi connectivity index (χ1n) is 4.09. The van der Waals surface area contributed by atoms with E-state index in [9.17, 15) is 9.18 Å². The third-order valence-corrected chi connectivity index (χ3v) is 1.93. The van der Waals surface area contributed by atoms with Gasteiger partial charge in [-0.1, -0.05) is 0 Å². The smallest absolute Gasteiger partial charge is 0.199 e. The van der Waals surface area contributed by atoms with Crippen LogP contribution in [0.15, 0.2) is 29.3 Å². The van der Waals surface area contributed by atoms with Gasteiger partial charge in [-0.3, -0.25) is 4.79 Å². The Hall–Kier alpha value is -1.84. The van der Waals surface area contributed by atoms with Gasteiger partial charge in [-0.05, 0) is 24.6 Å². The van der Waals surface area contributed by atoms with Crippen LogP contribution in [0.1, 0.15) is 5.56 Å². The summed E-state index contributed by atoms with van der Waals surface area (Å²) in [4.78, 5) is 18.9. The molecule has 0 saturated carbocycles. The molecule has 2 aromatic heterocycles. The zero-order valence-electron chi connectivity index (χ0n) is 7.49. The molecular formula is C10H7FN2O. The molecule has 0 atom stereocenters. The summed E-state index contributed by atoms with van der Waals surface area (Å²) in [5, 5.41) is 0.532. The summed E-state index contributed by atoms with van der Waals surface area (Å²) in [6.07, 6.45) is 2.28. The van der Waals surface area contributed by atoms with E-state index in [1.54, 1.807) is 13.0 Å². The first-order chi connectivity index (χ1) is 6.66. The normalized spacial score (nSPS) is 10.4. The zero-order chi connectivity index (χ0) is 10.1. The summed E-state index contributed by atoms with van der Waals surface area (Å²) < 4.78 is 12.8. The number of fused-ring (bicyclic) bond motifs is 1. The van der Waals surface area contributed by atoms with Gasteiger partial charge in [0.1, 0.15) is 5.82 Å². The predicted octanol–water partition coefficient (Wildman–Crippen LogP) is 1.44. The van der Waals surface area contributed by atoms with E-state index in [1.165, 1.54) is 12.3 Å². The van der Waals surface area contributed by atoms with E-state index < -0.39 is 5.82 Å². The highest BCUT2D eigenvalue weighted by atomic mass is 19.1. The molecular weight excluding hydrogens is 183 g/mol. The zero-order valence-corrected chi connectivity index (χ0v) is 7.49. The molecule has 2 aromatic rings. The maximum atomic E-state index is 12.8. The lowest BCUT2D eigenvalue weighted by Crippen LogP contribution is -1.98. The van der Waals surface area contributed by atoms with Crippen LogP contribution in [0.2, 0.25) is 0 Å². The van der Waals surface area contributed by atoms with Crippen LogP contribution < -0.4 is 5.43 Å². The largest absolute Gasteiger partial charge is 0.288 e. The summed E-state index contributed by atoms with van der Waals surface area (Å²) in [5.74, 6) is -0.433. The molecule has 0 bridgehead atoms. The van der Waals surface area contributed by atoms with Crippen LogP contribution in [0.5, 0.6) is 0 Å². The molecule has 0 unspecified atom stereocenters. The molecule has 2 rings (SSSR count). The van der Waals surface area contributed by atoms with Gasteiger partial charge in [0.2, 0.25) is 0 Å². The number of nitrogens with zero attached hydrogens (tertiary/aromatic N) is 2. The summed E-state index contributed by atoms with van der Waals surface area (Å²) in [7, 11) is 0. The Bertz CT molecular complexity index is 554. The molecule has 0 saturated heterocycles. The van der Waals surface area contributed by atoms with Gasteiger partial charge in [-0.25, -0.2) is 14.4 Å². The molecule has 0 radical (unpaired) electrons. The Morgan fingerprint density at radius 2 is 1.93 bits per heavy atom. The average Bonchev–Trinajstić information content (AvgIpc) is 2.27. The fourth-order valence-corrected chi connectivity index (χ4v) is 1.19. The minimum absolute atomic E-state index is 0.177. The maximum absolute atomic E-state index is 12.8. The molecule has 0 aliphatic heterocycles. The van der Waals surface area contributed by atoms with Crippen LogP contribution in [0.4, 0.5) is 4.39 Å². The van der Waals surface area contributed by atoms with Gasteiger partial charge < -0.3 is 0 Å². The number of hydrogen-bond donors (Lipinski definition) is 0. The van der Waals surface area contributed by atoms with Crippen LogP contribution in [0.25, 0.3) is 11.0 Å². The minimum atomic E-state index is -0.433. The highest BCUT2D eigenvalue weighted by Gasteiger charge is 1.98. The quantitative estimate of drug-likeness (QED) is 0.631. The summed E-state index contributed by atoms with van der Waals surface area (Å²) in [6, 6.07) is 2.89. The minimum Gasteiger partial charge on any atom is -0.288 e. The monoisotopic (exact) mass is 190 g/mol. The lowest BCUT2D eigenvalue weighted by molar-refractivity contribution is 0.624. The second-order valence-corrected chi connectivity index (χ2v) is 3.02. The number of halogens is 1. The molecule has 2 heterocycles. The van der Waals surface area contributed by atoms with Crippen molar-refractivity contribution in [3.05, 3.63) is 46.1 Å². The Labute approximate surface area is 79.3 Å². The topological polar surface area (TPSA) is 42.9 Å². The molecule has 0 spiro atoms. The van der Waals surface area contributed by atoms with E-state index in [-0.39, 0.29) is 5.43 Å². The number of rotatable bonds is 0. The van der Waals surface area contributed by atoms with E-state index in [4.69, 9.17) is 0 Å². The Kier molecular flexibility index (Phi) is 1.96. The SMILES string of the molecule is Cc1cc2cc(F)cnc2ncc1=O. The van der Waals surface area contributed by atoms with Gasteiger partial charge in [-0.2, -0.15) is 0 Å². The third-order valence-electron chi connectivity index (χ3n) is 1.93. The molecule has 3 nitrogen and oxygen atoms in total. The molecule has 4 heteroatoms. The summed E-state index contributed by atoms with van der Waals surface area (Å²) >= 11 is 0. The van der Waals surface area contributed by atoms with E-state index >= 15 is 0 Å². The fourth-order valence-electron chi connectivity index (χ4n) is 1.19. The van der Waals surface area contributed by atoms with Crippen molar-refractivity contribution in [3.8, 4) is 0 Å². The van der Waals surface area contributed by atoms with Crippen molar-refractivity contribution in [3.63, 3.8) is 0 Å². The van der Waals surface area contributed by atoms with Crippen LogP contribution >= 0.6 is 0 Å². The van der Waals surface area contributed by atoms with E-state index in [2.05, 4.69) is 9.97 Å². The van der Waals surface area contributed by atoms with Crippen molar-refractivity contribution in [1.29, 1.82) is 0 Å². The Morgan fingerprint density at radius 3 is 2.71 bits per heavy atom. The Balaban J connectivity index is 2.94. The van der Waals surface area contributed by atoms with Crippen LogP contribution in [0.3, 0.4) is 0 Å². The van der Waals surface area contributed by atoms with Crippen LogP contribution in [-0.4, -0.2) is 9.97 Å². The Morgan fingerprint density at radius 1 is 1.21 bits per heavy atom. The standard InChI is InChI=1S/C10H7FN2O/c1-6-2-7-3-8(11)4-12-10(7)13-5-9(6)14/h2-5H,1H3. The predicted molar refractivity (Wildman–Crippen MR) is 50.5 cm³/mol. The second-order valence-electron chi connectivity index (χ2n) is 3.02. The van der Waals surface area contributed by atoms with Crippen molar-refractivity contribution in [2.75, 3.05) is 0 Å². The van der Waals surface area contributed by atoms with Gasteiger partial charge in [0.05, 0.1) is 12.4 Å². The number of aromatic nitrogens is 2. The number of pyridine rings is 1. The van der Waals surface area contributed by atoms with Crippen molar-refractivity contribution < 1.29 is 4.39 Å². The summed E-state index contributed by atoms with van der Waals surface area (Å²) in [5.41, 5.74) is 0.722. The van der Waals surface area contributed by atoms with E-state index in [0.29, 0.717) is 16.6 Å². The third kappa shape index (κ3) is 1.46. The molecule has 0 fully saturated rings. The average molecular weight is 190 g/mol.